The second kappa shape index (κ2) is 10.0. The highest BCUT2D eigenvalue weighted by atomic mass is 16.2. The molecule has 2 amide bonds. The first kappa shape index (κ1) is 23.4. The number of carbonyl (C=O) groups excluding carboxylic acids is 2. The summed E-state index contributed by atoms with van der Waals surface area (Å²) >= 11 is 0. The summed E-state index contributed by atoms with van der Waals surface area (Å²) in [7, 11) is 0. The number of piperidine rings is 1. The Morgan fingerprint density at radius 1 is 1.21 bits per heavy atom. The molecule has 176 valence electrons. The molecular formula is C26H35N5O2. The lowest BCUT2D eigenvalue weighted by Gasteiger charge is -2.43. The molecule has 2 aliphatic rings. The number of nitrogens with one attached hydrogen (secondary N) is 3. The molecule has 2 aliphatic heterocycles. The molecule has 0 spiro atoms. The first-order valence-electron chi connectivity index (χ1n) is 12.0. The summed E-state index contributed by atoms with van der Waals surface area (Å²) in [5.41, 5.74) is 8.89. The maximum absolute atomic E-state index is 13.7. The number of hydrogen-bond acceptors (Lipinski definition) is 5. The lowest BCUT2D eigenvalue weighted by molar-refractivity contribution is -0.144. The van der Waals surface area contributed by atoms with Crippen LogP contribution in [0.15, 0.2) is 48.8 Å². The van der Waals surface area contributed by atoms with Gasteiger partial charge in [0.2, 0.25) is 11.8 Å². The van der Waals surface area contributed by atoms with Crippen LogP contribution in [0.1, 0.15) is 39.2 Å². The molecule has 3 heterocycles. The van der Waals surface area contributed by atoms with E-state index in [0.29, 0.717) is 26.1 Å². The fraction of sp³-hybridized carbons (Fsp3) is 0.500. The van der Waals surface area contributed by atoms with Gasteiger partial charge in [-0.3, -0.25) is 25.4 Å². The molecule has 1 aromatic heterocycles. The van der Waals surface area contributed by atoms with Crippen LogP contribution in [0.25, 0.3) is 11.1 Å². The smallest absolute Gasteiger partial charge is 0.228 e. The van der Waals surface area contributed by atoms with Crippen LogP contribution in [0.2, 0.25) is 0 Å². The fourth-order valence-corrected chi connectivity index (χ4v) is 5.14. The number of pyridine rings is 1. The van der Waals surface area contributed by atoms with Crippen LogP contribution in [0.5, 0.6) is 0 Å². The third-order valence-electron chi connectivity index (χ3n) is 6.90. The van der Waals surface area contributed by atoms with Gasteiger partial charge in [0.05, 0.1) is 11.3 Å². The third-order valence-corrected chi connectivity index (χ3v) is 6.90. The van der Waals surface area contributed by atoms with Gasteiger partial charge >= 0.3 is 0 Å². The molecule has 7 heteroatoms. The Morgan fingerprint density at radius 2 is 1.97 bits per heavy atom. The molecule has 2 aromatic rings. The number of benzene rings is 1. The van der Waals surface area contributed by atoms with Gasteiger partial charge in [-0.1, -0.05) is 24.3 Å². The van der Waals surface area contributed by atoms with Gasteiger partial charge in [0.1, 0.15) is 0 Å². The molecule has 0 saturated carbocycles. The Bertz CT molecular complexity index is 980. The van der Waals surface area contributed by atoms with E-state index in [2.05, 4.69) is 33.3 Å². The van der Waals surface area contributed by atoms with Gasteiger partial charge in [-0.25, -0.2) is 0 Å². The Balaban J connectivity index is 1.66. The number of hydrogen-bond donors (Lipinski definition) is 3. The van der Waals surface area contributed by atoms with Crippen LogP contribution >= 0.6 is 0 Å². The van der Waals surface area contributed by atoms with E-state index in [0.717, 1.165) is 29.5 Å². The van der Waals surface area contributed by atoms with Gasteiger partial charge in [0.25, 0.3) is 0 Å². The summed E-state index contributed by atoms with van der Waals surface area (Å²) in [6.45, 7) is 7.76. The maximum atomic E-state index is 13.7. The Kier molecular flexibility index (Phi) is 7.10. The minimum absolute atomic E-state index is 0.0373. The molecule has 0 aliphatic carbocycles. The predicted molar refractivity (Wildman–Crippen MR) is 129 cm³/mol. The number of likely N-dealkylation sites (tertiary alicyclic amines) is 1. The summed E-state index contributed by atoms with van der Waals surface area (Å²) in [6.07, 6.45) is 5.75. The van der Waals surface area contributed by atoms with Gasteiger partial charge in [-0.2, -0.15) is 0 Å². The average molecular weight is 450 g/mol. The van der Waals surface area contributed by atoms with Crippen LogP contribution in [-0.2, 0) is 16.0 Å². The van der Waals surface area contributed by atoms with Crippen molar-refractivity contribution < 1.29 is 9.59 Å². The highest BCUT2D eigenvalue weighted by molar-refractivity contribution is 5.86. The van der Waals surface area contributed by atoms with Crippen LogP contribution in [0, 0.1) is 11.3 Å². The second-order valence-electron chi connectivity index (χ2n) is 9.76. The lowest BCUT2D eigenvalue weighted by atomic mass is 9.72. The summed E-state index contributed by atoms with van der Waals surface area (Å²) in [6, 6.07) is 12.4. The molecule has 2 fully saturated rings. The topological polar surface area (TPSA) is 86.4 Å². The summed E-state index contributed by atoms with van der Waals surface area (Å²) in [4.78, 5) is 33.1. The van der Waals surface area contributed by atoms with Gasteiger partial charge in [-0.05, 0) is 68.9 Å². The second-order valence-corrected chi connectivity index (χ2v) is 9.76. The quantitative estimate of drug-likeness (QED) is 0.631. The summed E-state index contributed by atoms with van der Waals surface area (Å²) in [5.74, 6) is 0.0529. The van der Waals surface area contributed by atoms with Crippen molar-refractivity contribution in [1.82, 2.24) is 26.1 Å². The highest BCUT2D eigenvalue weighted by Gasteiger charge is 2.45. The number of rotatable bonds is 6. The zero-order chi connectivity index (χ0) is 23.4. The largest absolute Gasteiger partial charge is 0.353 e. The Hall–Kier alpha value is -2.77. The first-order chi connectivity index (χ1) is 15.9. The molecule has 3 unspecified atom stereocenters. The highest BCUT2D eigenvalue weighted by Crippen LogP contribution is 2.38. The minimum atomic E-state index is -0.663. The normalized spacial score (nSPS) is 25.3. The Morgan fingerprint density at radius 3 is 2.67 bits per heavy atom. The van der Waals surface area contributed by atoms with E-state index < -0.39 is 5.41 Å². The van der Waals surface area contributed by atoms with E-state index in [1.54, 1.807) is 12.4 Å². The summed E-state index contributed by atoms with van der Waals surface area (Å²) < 4.78 is 0. The van der Waals surface area contributed by atoms with Crippen LogP contribution < -0.4 is 16.2 Å². The molecule has 1 aromatic carbocycles. The molecule has 7 nitrogen and oxygen atoms in total. The standard InChI is InChI=1S/C26H35N5O2/c1-18(2)29-25(33)26(11-6-14-31(17-26)24(32)23-16-28-30-19(23)3)15-21-7-4-5-8-22(21)20-9-12-27-13-10-20/h4-5,7-10,12-13,18-19,23,28,30H,6,11,14-17H2,1-3H3,(H,29,33). The molecule has 33 heavy (non-hydrogen) atoms. The SMILES string of the molecule is CC(C)NC(=O)C1(Cc2ccccc2-c2ccncc2)CCCN(C(=O)C2CNNC2C)C1. The molecule has 3 N–H and O–H groups in total. The van der Waals surface area contributed by atoms with Crippen molar-refractivity contribution in [2.24, 2.45) is 11.3 Å². The minimum Gasteiger partial charge on any atom is -0.353 e. The van der Waals surface area contributed by atoms with Gasteiger partial charge in [0, 0.05) is 44.1 Å². The lowest BCUT2D eigenvalue weighted by Crippen LogP contribution is -2.57. The molecule has 4 rings (SSSR count). The molecule has 3 atom stereocenters. The van der Waals surface area contributed by atoms with Crippen molar-refractivity contribution in [3.8, 4) is 11.1 Å². The fourth-order valence-electron chi connectivity index (χ4n) is 5.14. The first-order valence-corrected chi connectivity index (χ1v) is 12.0. The van der Waals surface area contributed by atoms with Crippen LogP contribution in [-0.4, -0.2) is 53.4 Å². The molecule has 2 saturated heterocycles. The number of hydrazine groups is 1. The van der Waals surface area contributed by atoms with E-state index >= 15 is 0 Å². The van der Waals surface area contributed by atoms with E-state index in [9.17, 15) is 9.59 Å². The number of nitrogens with zero attached hydrogens (tertiary/aromatic N) is 2. The van der Waals surface area contributed by atoms with Crippen molar-refractivity contribution in [3.05, 3.63) is 54.4 Å². The molecule has 0 radical (unpaired) electrons. The number of aromatic nitrogens is 1. The van der Waals surface area contributed by atoms with Gasteiger partial charge in [-0.15, -0.1) is 0 Å². The summed E-state index contributed by atoms with van der Waals surface area (Å²) in [5, 5.41) is 3.16. The van der Waals surface area contributed by atoms with Crippen molar-refractivity contribution in [2.45, 2.75) is 52.1 Å². The van der Waals surface area contributed by atoms with Gasteiger partial charge < -0.3 is 10.2 Å². The zero-order valence-electron chi connectivity index (χ0n) is 19.8. The third kappa shape index (κ3) is 5.09. The number of carbonyl (C=O) groups is 2. The monoisotopic (exact) mass is 449 g/mol. The Labute approximate surface area is 196 Å². The van der Waals surface area contributed by atoms with E-state index in [1.807, 2.05) is 49.9 Å². The van der Waals surface area contributed by atoms with E-state index in [1.165, 1.54) is 0 Å². The maximum Gasteiger partial charge on any atom is 0.228 e. The van der Waals surface area contributed by atoms with Crippen molar-refractivity contribution in [1.29, 1.82) is 0 Å². The van der Waals surface area contributed by atoms with Crippen molar-refractivity contribution in [2.75, 3.05) is 19.6 Å². The van der Waals surface area contributed by atoms with Crippen molar-refractivity contribution in [3.63, 3.8) is 0 Å². The van der Waals surface area contributed by atoms with E-state index in [4.69, 9.17) is 0 Å². The predicted octanol–water partition coefficient (Wildman–Crippen LogP) is 2.54. The molecule has 0 bridgehead atoms. The van der Waals surface area contributed by atoms with Crippen LogP contribution in [0.3, 0.4) is 0 Å². The van der Waals surface area contributed by atoms with Crippen molar-refractivity contribution >= 4 is 11.8 Å². The average Bonchev–Trinajstić information content (AvgIpc) is 3.25. The van der Waals surface area contributed by atoms with Crippen LogP contribution in [0.4, 0.5) is 0 Å². The van der Waals surface area contributed by atoms with Gasteiger partial charge in [0.15, 0.2) is 0 Å². The molecular weight excluding hydrogens is 414 g/mol. The zero-order valence-corrected chi connectivity index (χ0v) is 19.8. The van der Waals surface area contributed by atoms with E-state index in [-0.39, 0.29) is 29.8 Å². The number of amides is 2.